The Kier molecular flexibility index (Phi) is 4.78. The topological polar surface area (TPSA) is 27.7 Å². The number of ether oxygens (including phenoxy) is 1. The number of morpholine rings is 1. The third-order valence-corrected chi connectivity index (χ3v) is 5.47. The molecule has 2 aromatic carbocycles. The molecule has 2 aromatic rings. The van der Waals surface area contributed by atoms with E-state index in [4.69, 9.17) is 4.74 Å². The maximum absolute atomic E-state index is 14.3. The summed E-state index contributed by atoms with van der Waals surface area (Å²) >= 11 is 1.43. The average Bonchev–Trinajstić information content (AvgIpc) is 3.00. The summed E-state index contributed by atoms with van der Waals surface area (Å²) in [4.78, 5) is 0. The van der Waals surface area contributed by atoms with Crippen molar-refractivity contribution in [2.45, 2.75) is 12.5 Å². The molecule has 4 nitrogen and oxygen atoms in total. The number of halogens is 2. The number of para-hydroxylation sites is 2. The molecule has 132 valence electrons. The number of nitrogens with one attached hydrogen (secondary N) is 1. The monoisotopic (exact) mass is 363 g/mol. The molecule has 1 N–H and O–H groups in total. The zero-order valence-corrected chi connectivity index (χ0v) is 14.4. The molecule has 0 saturated carbocycles. The van der Waals surface area contributed by atoms with Gasteiger partial charge in [-0.15, -0.1) is 0 Å². The van der Waals surface area contributed by atoms with E-state index in [0.717, 1.165) is 50.1 Å². The molecule has 1 unspecified atom stereocenters. The van der Waals surface area contributed by atoms with E-state index in [2.05, 4.69) is 9.62 Å². The van der Waals surface area contributed by atoms with Gasteiger partial charge in [0.25, 0.3) is 0 Å². The summed E-state index contributed by atoms with van der Waals surface area (Å²) in [5.74, 6) is -1.14. The molecule has 7 heteroatoms. The quantitative estimate of drug-likeness (QED) is 0.833. The molecule has 0 bridgehead atoms. The maximum atomic E-state index is 14.3. The van der Waals surface area contributed by atoms with Gasteiger partial charge in [-0.05, 0) is 30.7 Å². The van der Waals surface area contributed by atoms with E-state index in [-0.39, 0.29) is 6.10 Å². The highest BCUT2D eigenvalue weighted by Gasteiger charge is 2.30. The number of rotatable bonds is 4. The smallest absolute Gasteiger partial charge is 0.150 e. The maximum Gasteiger partial charge on any atom is 0.150 e. The first-order chi connectivity index (χ1) is 12.2. The Morgan fingerprint density at radius 3 is 2.72 bits per heavy atom. The van der Waals surface area contributed by atoms with Crippen LogP contribution in [0.3, 0.4) is 0 Å². The van der Waals surface area contributed by atoms with Gasteiger partial charge in [0.05, 0.1) is 41.9 Å². The van der Waals surface area contributed by atoms with Gasteiger partial charge in [0.1, 0.15) is 5.82 Å². The largest absolute Gasteiger partial charge is 0.376 e. The van der Waals surface area contributed by atoms with Crippen molar-refractivity contribution in [1.82, 2.24) is 5.32 Å². The van der Waals surface area contributed by atoms with E-state index in [0.29, 0.717) is 5.69 Å². The summed E-state index contributed by atoms with van der Waals surface area (Å²) in [5.41, 5.74) is 2.29. The van der Waals surface area contributed by atoms with Crippen LogP contribution in [-0.2, 0) is 4.74 Å². The first-order valence-electron chi connectivity index (χ1n) is 8.34. The lowest BCUT2D eigenvalue weighted by atomic mass is 10.2. The second-order valence-electron chi connectivity index (χ2n) is 6.05. The molecule has 0 amide bonds. The van der Waals surface area contributed by atoms with Gasteiger partial charge in [0.15, 0.2) is 5.82 Å². The molecule has 1 fully saturated rings. The minimum Gasteiger partial charge on any atom is -0.376 e. The van der Waals surface area contributed by atoms with E-state index >= 15 is 0 Å². The van der Waals surface area contributed by atoms with Crippen molar-refractivity contribution < 1.29 is 13.5 Å². The van der Waals surface area contributed by atoms with E-state index in [9.17, 15) is 8.78 Å². The van der Waals surface area contributed by atoms with Crippen LogP contribution in [0.25, 0.3) is 0 Å². The molecule has 2 heterocycles. The van der Waals surface area contributed by atoms with Crippen LogP contribution < -0.4 is 13.9 Å². The van der Waals surface area contributed by atoms with Gasteiger partial charge in [-0.3, -0.25) is 8.61 Å². The van der Waals surface area contributed by atoms with Crippen molar-refractivity contribution in [2.75, 3.05) is 34.9 Å². The number of benzene rings is 2. The zero-order chi connectivity index (χ0) is 17.2. The lowest BCUT2D eigenvalue weighted by Gasteiger charge is -2.26. The average molecular weight is 363 g/mol. The van der Waals surface area contributed by atoms with Crippen molar-refractivity contribution in [3.8, 4) is 0 Å². The van der Waals surface area contributed by atoms with Gasteiger partial charge in [0, 0.05) is 25.7 Å². The molecule has 0 radical (unpaired) electrons. The number of fused-ring (bicyclic) bond motifs is 1. The van der Waals surface area contributed by atoms with Gasteiger partial charge < -0.3 is 10.1 Å². The zero-order valence-electron chi connectivity index (χ0n) is 13.6. The number of nitrogens with zero attached hydrogens (tertiary/aromatic N) is 2. The van der Waals surface area contributed by atoms with Gasteiger partial charge in [-0.1, -0.05) is 12.1 Å². The van der Waals surface area contributed by atoms with Crippen molar-refractivity contribution in [3.05, 3.63) is 54.1 Å². The Morgan fingerprint density at radius 2 is 1.96 bits per heavy atom. The molecule has 0 aromatic heterocycles. The first-order valence-corrected chi connectivity index (χ1v) is 9.07. The summed E-state index contributed by atoms with van der Waals surface area (Å²) in [6, 6.07) is 11.5. The van der Waals surface area contributed by atoms with Crippen LogP contribution in [0.4, 0.5) is 25.8 Å². The fraction of sp³-hybridized carbons (Fsp3) is 0.333. The summed E-state index contributed by atoms with van der Waals surface area (Å²) in [7, 11) is 0. The van der Waals surface area contributed by atoms with Gasteiger partial charge in [-0.2, -0.15) is 0 Å². The van der Waals surface area contributed by atoms with Crippen LogP contribution >= 0.6 is 12.1 Å². The highest BCUT2D eigenvalue weighted by molar-refractivity contribution is 8.02. The van der Waals surface area contributed by atoms with Crippen LogP contribution in [0.2, 0.25) is 0 Å². The predicted octanol–water partition coefficient (Wildman–Crippen LogP) is 3.86. The van der Waals surface area contributed by atoms with Crippen molar-refractivity contribution in [3.63, 3.8) is 0 Å². The summed E-state index contributed by atoms with van der Waals surface area (Å²) < 4.78 is 37.2. The minimum absolute atomic E-state index is 0.193. The SMILES string of the molecule is Fc1ccc(N2SN(CCC3CNCCO3)c3ccccc32)c(F)c1. The predicted molar refractivity (Wildman–Crippen MR) is 97.1 cm³/mol. The van der Waals surface area contributed by atoms with Crippen molar-refractivity contribution in [2.24, 2.45) is 0 Å². The fourth-order valence-electron chi connectivity index (χ4n) is 3.08. The van der Waals surface area contributed by atoms with E-state index in [1.165, 1.54) is 24.3 Å². The molecule has 0 aliphatic carbocycles. The Morgan fingerprint density at radius 1 is 1.12 bits per heavy atom. The van der Waals surface area contributed by atoms with Gasteiger partial charge >= 0.3 is 0 Å². The lowest BCUT2D eigenvalue weighted by molar-refractivity contribution is 0.0254. The number of hydrogen-bond donors (Lipinski definition) is 1. The first kappa shape index (κ1) is 16.6. The third-order valence-electron chi connectivity index (χ3n) is 4.34. The number of hydrogen-bond acceptors (Lipinski definition) is 5. The highest BCUT2D eigenvalue weighted by Crippen LogP contribution is 2.49. The van der Waals surface area contributed by atoms with Gasteiger partial charge in [0.2, 0.25) is 0 Å². The van der Waals surface area contributed by atoms with Crippen LogP contribution in [0, 0.1) is 11.6 Å². The van der Waals surface area contributed by atoms with Gasteiger partial charge in [-0.25, -0.2) is 8.78 Å². The van der Waals surface area contributed by atoms with Crippen LogP contribution in [0.15, 0.2) is 42.5 Å². The van der Waals surface area contributed by atoms with Crippen LogP contribution in [0.1, 0.15) is 6.42 Å². The van der Waals surface area contributed by atoms with Crippen LogP contribution in [0.5, 0.6) is 0 Å². The normalized spacial score (nSPS) is 20.0. The van der Waals surface area contributed by atoms with E-state index < -0.39 is 11.6 Å². The highest BCUT2D eigenvalue weighted by atomic mass is 32.2. The molecule has 1 saturated heterocycles. The fourth-order valence-corrected chi connectivity index (χ4v) is 4.19. The summed E-state index contributed by atoms with van der Waals surface area (Å²) in [6.45, 7) is 3.28. The molecular weight excluding hydrogens is 344 g/mol. The molecule has 1 atom stereocenters. The van der Waals surface area contributed by atoms with Crippen molar-refractivity contribution in [1.29, 1.82) is 0 Å². The Hall–Kier alpha value is -1.83. The Labute approximate surface area is 150 Å². The molecular formula is C18H19F2N3OS. The Bertz CT molecular complexity index is 755. The molecule has 2 aliphatic rings. The molecule has 4 rings (SSSR count). The second kappa shape index (κ2) is 7.19. The lowest BCUT2D eigenvalue weighted by Crippen LogP contribution is -2.39. The second-order valence-corrected chi connectivity index (χ2v) is 7.02. The number of anilines is 3. The third kappa shape index (κ3) is 3.44. The molecule has 25 heavy (non-hydrogen) atoms. The summed E-state index contributed by atoms with van der Waals surface area (Å²) in [5, 5.41) is 3.33. The van der Waals surface area contributed by atoms with E-state index in [1.807, 2.05) is 28.6 Å². The van der Waals surface area contributed by atoms with Crippen molar-refractivity contribution >= 4 is 29.2 Å². The molecule has 2 aliphatic heterocycles. The van der Waals surface area contributed by atoms with E-state index in [1.54, 1.807) is 0 Å². The van der Waals surface area contributed by atoms with Crippen LogP contribution in [-0.4, -0.2) is 32.3 Å². The molecule has 0 spiro atoms. The standard InChI is InChI=1S/C18H19F2N3OS/c19-13-5-6-16(15(20)11-13)23-18-4-2-1-3-17(18)22(25-23)9-7-14-12-21-8-10-24-14/h1-6,11,14,21H,7-10,12H2. The minimum atomic E-state index is -0.572. The summed E-state index contributed by atoms with van der Waals surface area (Å²) in [6.07, 6.45) is 1.08. The Balaban J connectivity index is 1.55.